The van der Waals surface area contributed by atoms with Crippen molar-refractivity contribution in [1.82, 2.24) is 9.97 Å². The molecule has 7 heteroatoms. The van der Waals surface area contributed by atoms with Gasteiger partial charge in [-0.05, 0) is 35.0 Å². The number of anilines is 2. The van der Waals surface area contributed by atoms with Crippen molar-refractivity contribution in [1.29, 1.82) is 0 Å². The normalized spacial score (nSPS) is 17.4. The van der Waals surface area contributed by atoms with Crippen LogP contribution in [0.25, 0.3) is 0 Å². The number of nitrogens with two attached hydrogens (primary N) is 1. The zero-order chi connectivity index (χ0) is 12.3. The van der Waals surface area contributed by atoms with Crippen LogP contribution in [0, 0.1) is 0 Å². The minimum atomic E-state index is 0.376. The van der Waals surface area contributed by atoms with Gasteiger partial charge in [0, 0.05) is 17.5 Å². The lowest BCUT2D eigenvalue weighted by molar-refractivity contribution is 0.379. The first-order valence-electron chi connectivity index (χ1n) is 5.47. The van der Waals surface area contributed by atoms with Crippen LogP contribution >= 0.6 is 27.7 Å². The summed E-state index contributed by atoms with van der Waals surface area (Å²) >= 11 is 5.36. The number of nitrogen functional groups attached to an aromatic ring is 1. The van der Waals surface area contributed by atoms with Crippen molar-refractivity contribution in [2.75, 3.05) is 23.5 Å². The molecule has 1 saturated carbocycles. The second-order valence-corrected chi connectivity index (χ2v) is 6.26. The molecule has 1 heterocycles. The summed E-state index contributed by atoms with van der Waals surface area (Å²) in [5.74, 6) is 6.50. The van der Waals surface area contributed by atoms with Crippen molar-refractivity contribution in [2.24, 2.45) is 5.84 Å². The molecule has 94 valence electrons. The third-order valence-electron chi connectivity index (χ3n) is 3.15. The van der Waals surface area contributed by atoms with Crippen molar-refractivity contribution >= 4 is 39.5 Å². The Labute approximate surface area is 113 Å². The molecule has 5 nitrogen and oxygen atoms in total. The van der Waals surface area contributed by atoms with Crippen LogP contribution in [0.4, 0.5) is 11.8 Å². The van der Waals surface area contributed by atoms with Crippen LogP contribution in [-0.4, -0.2) is 27.5 Å². The van der Waals surface area contributed by atoms with E-state index in [9.17, 15) is 0 Å². The number of rotatable bonds is 5. The molecule has 0 atom stereocenters. The van der Waals surface area contributed by atoms with Gasteiger partial charge < -0.3 is 5.32 Å². The molecule has 1 aromatic rings. The summed E-state index contributed by atoms with van der Waals surface area (Å²) in [4.78, 5) is 8.29. The molecule has 0 aliphatic heterocycles. The van der Waals surface area contributed by atoms with Gasteiger partial charge >= 0.3 is 0 Å². The highest BCUT2D eigenvalue weighted by Gasteiger charge is 2.36. The maximum atomic E-state index is 5.29. The second-order valence-electron chi connectivity index (χ2n) is 4.13. The molecular formula is C10H16BrN5S. The molecular weight excluding hydrogens is 302 g/mol. The van der Waals surface area contributed by atoms with Crippen LogP contribution < -0.4 is 16.6 Å². The Morgan fingerprint density at radius 3 is 2.88 bits per heavy atom. The zero-order valence-corrected chi connectivity index (χ0v) is 12.1. The van der Waals surface area contributed by atoms with E-state index in [0.717, 1.165) is 16.8 Å². The lowest BCUT2D eigenvalue weighted by Gasteiger charge is -2.40. The fourth-order valence-corrected chi connectivity index (χ4v) is 3.07. The van der Waals surface area contributed by atoms with Crippen LogP contribution in [-0.2, 0) is 0 Å². The number of halogens is 1. The Kier molecular flexibility index (Phi) is 4.11. The first kappa shape index (κ1) is 12.9. The van der Waals surface area contributed by atoms with Gasteiger partial charge in [0.05, 0.1) is 4.47 Å². The highest BCUT2D eigenvalue weighted by Crippen LogP contribution is 2.42. The van der Waals surface area contributed by atoms with Crippen LogP contribution in [0.15, 0.2) is 10.7 Å². The Bertz CT molecular complexity index is 391. The predicted molar refractivity (Wildman–Crippen MR) is 76.1 cm³/mol. The van der Waals surface area contributed by atoms with E-state index in [4.69, 9.17) is 5.84 Å². The molecule has 0 spiro atoms. The molecule has 0 aromatic carbocycles. The first-order chi connectivity index (χ1) is 8.19. The van der Waals surface area contributed by atoms with Gasteiger partial charge in [0.25, 0.3) is 0 Å². The Balaban J connectivity index is 2.02. The van der Waals surface area contributed by atoms with Gasteiger partial charge in [0.1, 0.15) is 5.82 Å². The largest absolute Gasteiger partial charge is 0.368 e. The Morgan fingerprint density at radius 1 is 1.59 bits per heavy atom. The quantitative estimate of drug-likeness (QED) is 0.571. The van der Waals surface area contributed by atoms with Crippen LogP contribution in [0.1, 0.15) is 19.3 Å². The Morgan fingerprint density at radius 2 is 2.35 bits per heavy atom. The number of hydrogen-bond acceptors (Lipinski definition) is 6. The topological polar surface area (TPSA) is 75.9 Å². The van der Waals surface area contributed by atoms with Gasteiger partial charge in [-0.15, -0.1) is 0 Å². The van der Waals surface area contributed by atoms with Gasteiger partial charge in [0.15, 0.2) is 0 Å². The standard InChI is InChI=1S/C10H16BrN5S/c1-17-10(3-2-4-10)6-14-8-7(11)5-13-9(15-8)16-12/h5H,2-4,6,12H2,1H3,(H2,13,14,15,16). The average Bonchev–Trinajstić information content (AvgIpc) is 2.30. The van der Waals surface area contributed by atoms with E-state index in [1.807, 2.05) is 11.8 Å². The highest BCUT2D eigenvalue weighted by atomic mass is 79.9. The number of hydrazine groups is 1. The van der Waals surface area contributed by atoms with E-state index in [1.165, 1.54) is 19.3 Å². The summed E-state index contributed by atoms with van der Waals surface area (Å²) in [5, 5.41) is 3.37. The molecule has 17 heavy (non-hydrogen) atoms. The number of aromatic nitrogens is 2. The van der Waals surface area contributed by atoms with Gasteiger partial charge in [-0.3, -0.25) is 5.43 Å². The third-order valence-corrected chi connectivity index (χ3v) is 5.15. The third kappa shape index (κ3) is 2.83. The van der Waals surface area contributed by atoms with E-state index in [0.29, 0.717) is 10.7 Å². The van der Waals surface area contributed by atoms with E-state index in [-0.39, 0.29) is 0 Å². The maximum absolute atomic E-state index is 5.29. The monoisotopic (exact) mass is 317 g/mol. The molecule has 2 rings (SSSR count). The molecule has 0 amide bonds. The smallest absolute Gasteiger partial charge is 0.239 e. The van der Waals surface area contributed by atoms with Gasteiger partial charge in [0.2, 0.25) is 5.95 Å². The van der Waals surface area contributed by atoms with Gasteiger partial charge in [-0.1, -0.05) is 6.42 Å². The summed E-state index contributed by atoms with van der Waals surface area (Å²) in [6.07, 6.45) is 7.72. The SMILES string of the molecule is CSC1(CNc2nc(NN)ncc2Br)CCC1. The summed E-state index contributed by atoms with van der Waals surface area (Å²) in [6.45, 7) is 0.924. The molecule has 1 aliphatic rings. The van der Waals surface area contributed by atoms with Crippen molar-refractivity contribution in [3.05, 3.63) is 10.7 Å². The molecule has 0 radical (unpaired) electrons. The maximum Gasteiger partial charge on any atom is 0.239 e. The van der Waals surface area contributed by atoms with Crippen LogP contribution in [0.3, 0.4) is 0 Å². The molecule has 0 bridgehead atoms. The lowest BCUT2D eigenvalue weighted by atomic mass is 9.84. The summed E-state index contributed by atoms with van der Waals surface area (Å²) in [7, 11) is 0. The molecule has 1 aromatic heterocycles. The second kappa shape index (κ2) is 5.41. The van der Waals surface area contributed by atoms with E-state index in [1.54, 1.807) is 6.20 Å². The molecule has 1 aliphatic carbocycles. The molecule has 0 unspecified atom stereocenters. The minimum Gasteiger partial charge on any atom is -0.368 e. The number of nitrogens with one attached hydrogen (secondary N) is 2. The predicted octanol–water partition coefficient (Wildman–Crippen LogP) is 2.22. The van der Waals surface area contributed by atoms with Crippen molar-refractivity contribution in [3.8, 4) is 0 Å². The van der Waals surface area contributed by atoms with Crippen molar-refractivity contribution in [2.45, 2.75) is 24.0 Å². The van der Waals surface area contributed by atoms with Crippen LogP contribution in [0.5, 0.6) is 0 Å². The zero-order valence-electron chi connectivity index (χ0n) is 9.66. The van der Waals surface area contributed by atoms with Gasteiger partial charge in [-0.25, -0.2) is 10.8 Å². The van der Waals surface area contributed by atoms with Crippen molar-refractivity contribution in [3.63, 3.8) is 0 Å². The number of nitrogens with zero attached hydrogens (tertiary/aromatic N) is 2. The first-order valence-corrected chi connectivity index (χ1v) is 7.49. The number of hydrogen-bond donors (Lipinski definition) is 3. The molecule has 1 fully saturated rings. The lowest BCUT2D eigenvalue weighted by Crippen LogP contribution is -2.40. The van der Waals surface area contributed by atoms with Gasteiger partial charge in [-0.2, -0.15) is 16.7 Å². The summed E-state index contributed by atoms with van der Waals surface area (Å²) in [6, 6.07) is 0. The summed E-state index contributed by atoms with van der Waals surface area (Å²) in [5.41, 5.74) is 2.45. The minimum absolute atomic E-state index is 0.376. The average molecular weight is 318 g/mol. The van der Waals surface area contributed by atoms with E-state index < -0.39 is 0 Å². The number of thioether (sulfide) groups is 1. The summed E-state index contributed by atoms with van der Waals surface area (Å²) < 4.78 is 1.23. The fourth-order valence-electron chi connectivity index (χ4n) is 1.83. The highest BCUT2D eigenvalue weighted by molar-refractivity contribution is 9.10. The van der Waals surface area contributed by atoms with E-state index in [2.05, 4.69) is 42.9 Å². The molecule has 0 saturated heterocycles. The molecule has 4 N–H and O–H groups in total. The fraction of sp³-hybridized carbons (Fsp3) is 0.600. The van der Waals surface area contributed by atoms with E-state index >= 15 is 0 Å². The Hall–Kier alpha value is -0.530. The van der Waals surface area contributed by atoms with Crippen LogP contribution in [0.2, 0.25) is 0 Å². The van der Waals surface area contributed by atoms with Crippen molar-refractivity contribution < 1.29 is 0 Å².